The predicted octanol–water partition coefficient (Wildman–Crippen LogP) is 2.69. The first-order valence-corrected chi connectivity index (χ1v) is 6.51. The van der Waals surface area contributed by atoms with Crippen LogP contribution in [-0.2, 0) is 0 Å². The molecule has 2 aromatic carbocycles. The van der Waals surface area contributed by atoms with Gasteiger partial charge in [0, 0.05) is 11.1 Å². The van der Waals surface area contributed by atoms with Gasteiger partial charge >= 0.3 is 0 Å². The molecule has 2 N–H and O–H groups in total. The Kier molecular flexibility index (Phi) is 2.97. The van der Waals surface area contributed by atoms with Crippen LogP contribution >= 0.6 is 11.9 Å². The van der Waals surface area contributed by atoms with E-state index in [-0.39, 0.29) is 5.69 Å². The molecule has 3 aromatic rings. The fourth-order valence-corrected chi connectivity index (χ4v) is 2.63. The van der Waals surface area contributed by atoms with Gasteiger partial charge in [0.15, 0.2) is 0 Å². The molecule has 4 nitrogen and oxygen atoms in total. The summed E-state index contributed by atoms with van der Waals surface area (Å²) in [4.78, 5) is 16.0. The minimum atomic E-state index is -0.516. The fourth-order valence-electron chi connectivity index (χ4n) is 1.83. The molecule has 0 saturated carbocycles. The van der Waals surface area contributed by atoms with Crippen molar-refractivity contribution in [1.29, 1.82) is 0 Å². The van der Waals surface area contributed by atoms with Crippen molar-refractivity contribution in [2.45, 2.75) is 4.90 Å². The van der Waals surface area contributed by atoms with Gasteiger partial charge in [0.05, 0.1) is 0 Å². The average Bonchev–Trinajstić information content (AvgIpc) is 2.87. The summed E-state index contributed by atoms with van der Waals surface area (Å²) in [5, 5.41) is 2.39. The summed E-state index contributed by atoms with van der Waals surface area (Å²) in [5.41, 5.74) is 5.44. The summed E-state index contributed by atoms with van der Waals surface area (Å²) in [6.07, 6.45) is 3.21. The SMILES string of the molecule is NC(=O)c1cn(Sc2ccc3ccccc3c2)cn1. The summed E-state index contributed by atoms with van der Waals surface area (Å²) in [5.74, 6) is -0.516. The molecular formula is C14H11N3OS. The molecule has 0 saturated heterocycles. The maximum Gasteiger partial charge on any atom is 0.268 e. The molecule has 3 rings (SSSR count). The van der Waals surface area contributed by atoms with E-state index >= 15 is 0 Å². The van der Waals surface area contributed by atoms with Crippen LogP contribution in [0.4, 0.5) is 0 Å². The molecule has 0 bridgehead atoms. The van der Waals surface area contributed by atoms with E-state index < -0.39 is 5.91 Å². The Hall–Kier alpha value is -2.27. The summed E-state index contributed by atoms with van der Waals surface area (Å²) in [6.45, 7) is 0. The van der Waals surface area contributed by atoms with Crippen molar-refractivity contribution in [3.8, 4) is 0 Å². The molecule has 0 aliphatic heterocycles. The monoisotopic (exact) mass is 269 g/mol. The Balaban J connectivity index is 1.89. The van der Waals surface area contributed by atoms with Crippen LogP contribution in [0.1, 0.15) is 10.5 Å². The summed E-state index contributed by atoms with van der Waals surface area (Å²) in [6, 6.07) is 14.4. The van der Waals surface area contributed by atoms with Gasteiger partial charge in [-0.3, -0.25) is 8.77 Å². The highest BCUT2D eigenvalue weighted by Crippen LogP contribution is 2.24. The third-order valence-electron chi connectivity index (χ3n) is 2.74. The van der Waals surface area contributed by atoms with Crippen molar-refractivity contribution < 1.29 is 4.79 Å². The normalized spacial score (nSPS) is 10.7. The first kappa shape index (κ1) is 11.8. The lowest BCUT2D eigenvalue weighted by Crippen LogP contribution is -2.10. The molecule has 19 heavy (non-hydrogen) atoms. The van der Waals surface area contributed by atoms with Crippen LogP contribution in [0.25, 0.3) is 10.8 Å². The zero-order valence-corrected chi connectivity index (χ0v) is 10.8. The summed E-state index contributed by atoms with van der Waals surface area (Å²) < 4.78 is 1.77. The highest BCUT2D eigenvalue weighted by molar-refractivity contribution is 7.97. The largest absolute Gasteiger partial charge is 0.364 e. The van der Waals surface area contributed by atoms with Crippen LogP contribution in [0.2, 0.25) is 0 Å². The van der Waals surface area contributed by atoms with Crippen molar-refractivity contribution >= 4 is 28.6 Å². The van der Waals surface area contributed by atoms with Gasteiger partial charge in [-0.15, -0.1) is 0 Å². The van der Waals surface area contributed by atoms with Gasteiger partial charge in [-0.25, -0.2) is 4.98 Å². The summed E-state index contributed by atoms with van der Waals surface area (Å²) >= 11 is 1.49. The first-order chi connectivity index (χ1) is 9.22. The molecule has 0 aliphatic carbocycles. The third kappa shape index (κ3) is 2.46. The molecule has 0 spiro atoms. The average molecular weight is 269 g/mol. The number of aromatic nitrogens is 2. The standard InChI is InChI=1S/C14H11N3OS/c15-14(18)13-8-17(9-16-13)19-12-6-5-10-3-1-2-4-11(10)7-12/h1-9H,(H2,15,18). The maximum atomic E-state index is 11.0. The van der Waals surface area contributed by atoms with Crippen molar-refractivity contribution in [2.75, 3.05) is 0 Å². The number of amides is 1. The van der Waals surface area contributed by atoms with Crippen molar-refractivity contribution in [3.63, 3.8) is 0 Å². The number of hydrogen-bond donors (Lipinski definition) is 1. The lowest BCUT2D eigenvalue weighted by molar-refractivity contribution is 0.0996. The molecule has 0 radical (unpaired) electrons. The summed E-state index contributed by atoms with van der Waals surface area (Å²) in [7, 11) is 0. The van der Waals surface area contributed by atoms with Crippen molar-refractivity contribution in [3.05, 3.63) is 60.7 Å². The van der Waals surface area contributed by atoms with Gasteiger partial charge in [-0.2, -0.15) is 0 Å². The van der Waals surface area contributed by atoms with E-state index in [1.165, 1.54) is 22.7 Å². The second-order valence-corrected chi connectivity index (χ2v) is 5.16. The molecular weight excluding hydrogens is 258 g/mol. The van der Waals surface area contributed by atoms with Gasteiger partial charge in [-0.1, -0.05) is 30.3 Å². The molecule has 0 unspecified atom stereocenters. The van der Waals surface area contributed by atoms with Crippen LogP contribution in [0.3, 0.4) is 0 Å². The van der Waals surface area contributed by atoms with Crippen LogP contribution in [0.5, 0.6) is 0 Å². The molecule has 1 heterocycles. The molecule has 0 aliphatic rings. The quantitative estimate of drug-likeness (QED) is 0.795. The molecule has 94 valence electrons. The van der Waals surface area contributed by atoms with Crippen LogP contribution < -0.4 is 5.73 Å². The Morgan fingerprint density at radius 2 is 1.95 bits per heavy atom. The molecule has 1 aromatic heterocycles. The van der Waals surface area contributed by atoms with E-state index in [1.807, 2.05) is 18.2 Å². The number of nitrogens with zero attached hydrogens (tertiary/aromatic N) is 2. The van der Waals surface area contributed by atoms with Crippen molar-refractivity contribution in [2.24, 2.45) is 5.73 Å². The Morgan fingerprint density at radius 1 is 1.16 bits per heavy atom. The van der Waals surface area contributed by atoms with Crippen LogP contribution in [0.15, 0.2) is 59.9 Å². The number of carbonyl (C=O) groups is 1. The number of rotatable bonds is 3. The highest BCUT2D eigenvalue weighted by atomic mass is 32.2. The Morgan fingerprint density at radius 3 is 2.68 bits per heavy atom. The fraction of sp³-hybridized carbons (Fsp3) is 0. The smallest absolute Gasteiger partial charge is 0.268 e. The Labute approximate surface area is 114 Å². The van der Waals surface area contributed by atoms with E-state index in [0.717, 1.165) is 4.90 Å². The van der Waals surface area contributed by atoms with E-state index in [2.05, 4.69) is 29.2 Å². The number of primary amides is 1. The van der Waals surface area contributed by atoms with Crippen LogP contribution in [0, 0.1) is 0 Å². The molecule has 5 heteroatoms. The first-order valence-electron chi connectivity index (χ1n) is 5.73. The second kappa shape index (κ2) is 4.78. The number of fused-ring (bicyclic) bond motifs is 1. The molecule has 0 atom stereocenters. The zero-order chi connectivity index (χ0) is 13.2. The highest BCUT2D eigenvalue weighted by Gasteiger charge is 2.05. The van der Waals surface area contributed by atoms with E-state index in [4.69, 9.17) is 5.73 Å². The second-order valence-electron chi connectivity index (χ2n) is 4.08. The van der Waals surface area contributed by atoms with Crippen LogP contribution in [-0.4, -0.2) is 14.9 Å². The lowest BCUT2D eigenvalue weighted by Gasteiger charge is -2.03. The topological polar surface area (TPSA) is 60.9 Å². The number of nitrogens with two attached hydrogens (primary N) is 1. The minimum absolute atomic E-state index is 0.272. The zero-order valence-electron chi connectivity index (χ0n) is 9.98. The number of carbonyl (C=O) groups excluding carboxylic acids is 1. The van der Waals surface area contributed by atoms with Gasteiger partial charge < -0.3 is 5.73 Å². The van der Waals surface area contributed by atoms with E-state index in [1.54, 1.807) is 16.5 Å². The third-order valence-corrected chi connectivity index (χ3v) is 3.62. The molecule has 1 amide bonds. The van der Waals surface area contributed by atoms with Gasteiger partial charge in [0.1, 0.15) is 12.0 Å². The maximum absolute atomic E-state index is 11.0. The Bertz CT molecular complexity index is 751. The van der Waals surface area contributed by atoms with Gasteiger partial charge in [0.25, 0.3) is 5.91 Å². The van der Waals surface area contributed by atoms with E-state index in [0.29, 0.717) is 0 Å². The lowest BCUT2D eigenvalue weighted by atomic mass is 10.1. The van der Waals surface area contributed by atoms with Gasteiger partial charge in [0.2, 0.25) is 0 Å². The van der Waals surface area contributed by atoms with E-state index in [9.17, 15) is 4.79 Å². The van der Waals surface area contributed by atoms with Gasteiger partial charge in [-0.05, 0) is 34.9 Å². The number of hydrogen-bond acceptors (Lipinski definition) is 3. The minimum Gasteiger partial charge on any atom is -0.364 e. The predicted molar refractivity (Wildman–Crippen MR) is 75.9 cm³/mol. The van der Waals surface area contributed by atoms with Crippen molar-refractivity contribution in [1.82, 2.24) is 8.96 Å². The molecule has 0 fully saturated rings. The number of imidazole rings is 1. The number of benzene rings is 2.